The molecule has 1 aromatic heterocycles. The van der Waals surface area contributed by atoms with Gasteiger partial charge in [-0.05, 0) is 54.4 Å². The lowest BCUT2D eigenvalue weighted by Gasteiger charge is -2.19. The summed E-state index contributed by atoms with van der Waals surface area (Å²) in [5, 5.41) is 8.02. The predicted octanol–water partition coefficient (Wildman–Crippen LogP) is 5.04. The van der Waals surface area contributed by atoms with Gasteiger partial charge in [0, 0.05) is 30.1 Å². The molecule has 0 saturated heterocycles. The monoisotopic (exact) mass is 403 g/mol. The Kier molecular flexibility index (Phi) is 5.48. The number of benzene rings is 3. The van der Waals surface area contributed by atoms with Gasteiger partial charge in [-0.1, -0.05) is 24.3 Å². The van der Waals surface area contributed by atoms with E-state index in [1.54, 1.807) is 42.4 Å². The Labute approximate surface area is 174 Å². The predicted molar refractivity (Wildman–Crippen MR) is 115 cm³/mol. The van der Waals surface area contributed by atoms with Crippen molar-refractivity contribution in [1.29, 1.82) is 0 Å². The molecule has 0 bridgehead atoms. The largest absolute Gasteiger partial charge is 0.493 e. The van der Waals surface area contributed by atoms with Crippen molar-refractivity contribution in [1.82, 2.24) is 15.1 Å². The van der Waals surface area contributed by atoms with E-state index < -0.39 is 0 Å². The molecule has 0 fully saturated rings. The molecule has 0 aliphatic heterocycles. The number of aromatic amines is 1. The maximum absolute atomic E-state index is 13.7. The highest BCUT2D eigenvalue weighted by Crippen LogP contribution is 2.32. The highest BCUT2D eigenvalue weighted by molar-refractivity contribution is 5.95. The van der Waals surface area contributed by atoms with E-state index in [9.17, 15) is 9.18 Å². The molecule has 4 rings (SSSR count). The number of carbonyl (C=O) groups excluding carboxylic acids is 1. The number of amides is 1. The van der Waals surface area contributed by atoms with Gasteiger partial charge in [0.2, 0.25) is 0 Å². The molecular weight excluding hydrogens is 381 g/mol. The summed E-state index contributed by atoms with van der Waals surface area (Å²) in [6, 6.07) is 17.5. The lowest BCUT2D eigenvalue weighted by molar-refractivity contribution is 0.0785. The Morgan fingerprint density at radius 2 is 1.97 bits per heavy atom. The molecule has 5 nitrogen and oxygen atoms in total. The zero-order chi connectivity index (χ0) is 21.1. The number of aromatic nitrogens is 2. The van der Waals surface area contributed by atoms with E-state index >= 15 is 0 Å². The molecular formula is C24H22FN3O2. The minimum atomic E-state index is -0.316. The summed E-state index contributed by atoms with van der Waals surface area (Å²) < 4.78 is 19.4. The third-order valence-corrected chi connectivity index (χ3v) is 4.99. The van der Waals surface area contributed by atoms with Gasteiger partial charge in [-0.2, -0.15) is 5.10 Å². The molecule has 3 aromatic carbocycles. The van der Waals surface area contributed by atoms with Crippen LogP contribution in [0.15, 0.2) is 66.9 Å². The second kappa shape index (κ2) is 8.37. The topological polar surface area (TPSA) is 58.2 Å². The zero-order valence-corrected chi connectivity index (χ0v) is 16.9. The zero-order valence-electron chi connectivity index (χ0n) is 16.9. The Morgan fingerprint density at radius 3 is 2.77 bits per heavy atom. The van der Waals surface area contributed by atoms with Crippen molar-refractivity contribution in [3.8, 4) is 16.9 Å². The van der Waals surface area contributed by atoms with Crippen LogP contribution in [0.5, 0.6) is 5.75 Å². The fourth-order valence-electron chi connectivity index (χ4n) is 3.54. The first kappa shape index (κ1) is 19.6. The first-order valence-corrected chi connectivity index (χ1v) is 9.76. The van der Waals surface area contributed by atoms with Crippen molar-refractivity contribution in [2.45, 2.75) is 13.5 Å². The number of rotatable bonds is 6. The van der Waals surface area contributed by atoms with Gasteiger partial charge >= 0.3 is 0 Å². The molecule has 6 heteroatoms. The lowest BCUT2D eigenvalue weighted by atomic mass is 10.0. The van der Waals surface area contributed by atoms with Gasteiger partial charge in [-0.25, -0.2) is 4.39 Å². The van der Waals surface area contributed by atoms with Gasteiger partial charge in [0.1, 0.15) is 11.6 Å². The van der Waals surface area contributed by atoms with Gasteiger partial charge in [0.15, 0.2) is 0 Å². The average Bonchev–Trinajstić information content (AvgIpc) is 3.23. The Hall–Kier alpha value is -3.67. The number of nitrogens with zero attached hydrogens (tertiary/aromatic N) is 2. The highest BCUT2D eigenvalue weighted by atomic mass is 19.1. The summed E-state index contributed by atoms with van der Waals surface area (Å²) in [6.07, 6.45) is 1.77. The lowest BCUT2D eigenvalue weighted by Crippen LogP contribution is -2.26. The molecule has 0 aliphatic carbocycles. The van der Waals surface area contributed by atoms with E-state index in [4.69, 9.17) is 4.74 Å². The smallest absolute Gasteiger partial charge is 0.254 e. The first-order chi connectivity index (χ1) is 14.6. The number of hydrogen-bond donors (Lipinski definition) is 1. The van der Waals surface area contributed by atoms with E-state index in [1.807, 2.05) is 31.2 Å². The van der Waals surface area contributed by atoms with Crippen LogP contribution in [0.2, 0.25) is 0 Å². The van der Waals surface area contributed by atoms with Crippen LogP contribution in [-0.4, -0.2) is 34.7 Å². The average molecular weight is 403 g/mol. The normalized spacial score (nSPS) is 10.9. The van der Waals surface area contributed by atoms with E-state index in [2.05, 4.69) is 10.2 Å². The standard InChI is InChI=1S/C24H22FN3O2/c1-3-30-23-13-17(10-11-20(23)16-6-4-8-19(25)12-16)24(29)28(2)15-18-7-5-9-22-21(18)14-26-27-22/h4-14H,3,15H2,1-2H3,(H,26,27). The number of H-pyrrole nitrogens is 1. The van der Waals surface area contributed by atoms with Crippen molar-refractivity contribution in [2.24, 2.45) is 0 Å². The molecule has 152 valence electrons. The van der Waals surface area contributed by atoms with Crippen molar-refractivity contribution in [2.75, 3.05) is 13.7 Å². The quantitative estimate of drug-likeness (QED) is 0.491. The van der Waals surface area contributed by atoms with Crippen LogP contribution in [-0.2, 0) is 6.54 Å². The van der Waals surface area contributed by atoms with E-state index in [-0.39, 0.29) is 11.7 Å². The van der Waals surface area contributed by atoms with Crippen LogP contribution in [0, 0.1) is 5.82 Å². The summed E-state index contributed by atoms with van der Waals surface area (Å²) in [5.74, 6) is 0.116. The molecule has 0 aliphatic rings. The summed E-state index contributed by atoms with van der Waals surface area (Å²) in [4.78, 5) is 14.7. The minimum Gasteiger partial charge on any atom is -0.493 e. The second-order valence-electron chi connectivity index (χ2n) is 7.06. The number of fused-ring (bicyclic) bond motifs is 1. The van der Waals surface area contributed by atoms with Gasteiger partial charge < -0.3 is 9.64 Å². The van der Waals surface area contributed by atoms with E-state index in [0.29, 0.717) is 30.0 Å². The van der Waals surface area contributed by atoms with Gasteiger partial charge in [-0.15, -0.1) is 0 Å². The van der Waals surface area contributed by atoms with Crippen molar-refractivity contribution in [3.05, 3.63) is 83.8 Å². The fraction of sp³-hybridized carbons (Fsp3) is 0.167. The number of halogens is 1. The van der Waals surface area contributed by atoms with Crippen LogP contribution in [0.1, 0.15) is 22.8 Å². The van der Waals surface area contributed by atoms with Crippen LogP contribution in [0.3, 0.4) is 0 Å². The number of carbonyl (C=O) groups is 1. The summed E-state index contributed by atoms with van der Waals surface area (Å²) in [5.41, 5.74) is 3.92. The third kappa shape index (κ3) is 3.89. The summed E-state index contributed by atoms with van der Waals surface area (Å²) >= 11 is 0. The number of ether oxygens (including phenoxy) is 1. The molecule has 1 amide bonds. The summed E-state index contributed by atoms with van der Waals surface area (Å²) in [6.45, 7) is 2.77. The first-order valence-electron chi connectivity index (χ1n) is 9.76. The maximum atomic E-state index is 13.7. The Bertz CT molecular complexity index is 1200. The van der Waals surface area contributed by atoms with Gasteiger partial charge in [0.25, 0.3) is 5.91 Å². The van der Waals surface area contributed by atoms with Crippen molar-refractivity contribution < 1.29 is 13.9 Å². The number of hydrogen-bond acceptors (Lipinski definition) is 3. The van der Waals surface area contributed by atoms with E-state index in [0.717, 1.165) is 22.0 Å². The van der Waals surface area contributed by atoms with Crippen molar-refractivity contribution in [3.63, 3.8) is 0 Å². The summed E-state index contributed by atoms with van der Waals surface area (Å²) in [7, 11) is 1.77. The van der Waals surface area contributed by atoms with Crippen LogP contribution in [0.25, 0.3) is 22.0 Å². The SMILES string of the molecule is CCOc1cc(C(=O)N(C)Cc2cccc3[nH]ncc23)ccc1-c1cccc(F)c1. The Balaban J connectivity index is 1.62. The van der Waals surface area contributed by atoms with Gasteiger partial charge in [0.05, 0.1) is 18.3 Å². The molecule has 0 atom stereocenters. The molecule has 0 spiro atoms. The molecule has 1 N–H and O–H groups in total. The second-order valence-corrected chi connectivity index (χ2v) is 7.06. The fourth-order valence-corrected chi connectivity index (χ4v) is 3.54. The van der Waals surface area contributed by atoms with Crippen LogP contribution < -0.4 is 4.74 Å². The number of nitrogens with one attached hydrogen (secondary N) is 1. The molecule has 0 radical (unpaired) electrons. The van der Waals surface area contributed by atoms with Crippen LogP contribution in [0.4, 0.5) is 4.39 Å². The van der Waals surface area contributed by atoms with Crippen molar-refractivity contribution >= 4 is 16.8 Å². The third-order valence-electron chi connectivity index (χ3n) is 4.99. The van der Waals surface area contributed by atoms with Crippen LogP contribution >= 0.6 is 0 Å². The Morgan fingerprint density at radius 1 is 1.13 bits per heavy atom. The highest BCUT2D eigenvalue weighted by Gasteiger charge is 2.17. The molecule has 1 heterocycles. The molecule has 0 unspecified atom stereocenters. The van der Waals surface area contributed by atoms with Gasteiger partial charge in [-0.3, -0.25) is 9.89 Å². The molecule has 30 heavy (non-hydrogen) atoms. The minimum absolute atomic E-state index is 0.123. The van der Waals surface area contributed by atoms with E-state index in [1.165, 1.54) is 12.1 Å². The molecule has 0 saturated carbocycles. The maximum Gasteiger partial charge on any atom is 0.254 e. The molecule has 4 aromatic rings.